The summed E-state index contributed by atoms with van der Waals surface area (Å²) >= 11 is 0. The van der Waals surface area contributed by atoms with Crippen LogP contribution in [-0.4, -0.2) is 11.9 Å². The van der Waals surface area contributed by atoms with Crippen LogP contribution in [0.1, 0.15) is 19.4 Å². The Morgan fingerprint density at radius 1 is 1.35 bits per heavy atom. The minimum atomic E-state index is -0.532. The Bertz CT molecular complexity index is 331. The van der Waals surface area contributed by atoms with Crippen molar-refractivity contribution in [3.05, 3.63) is 35.9 Å². The molecule has 0 radical (unpaired) electrons. The standard InChI is InChI=1S/C12H18N2O2.ClH/c1-9(2)11(13)12(15)14-16-8-10-6-4-3-5-7-10;/h3-7,9,11H,8,13H2,1-2H3,(H,14,15);1H. The summed E-state index contributed by atoms with van der Waals surface area (Å²) in [7, 11) is 0. The number of hydrogen-bond donors (Lipinski definition) is 2. The molecule has 3 N–H and O–H groups in total. The van der Waals surface area contributed by atoms with Crippen molar-refractivity contribution >= 4 is 18.3 Å². The monoisotopic (exact) mass is 258 g/mol. The van der Waals surface area contributed by atoms with Crippen LogP contribution in [0.15, 0.2) is 30.3 Å². The molecule has 0 aliphatic heterocycles. The highest BCUT2D eigenvalue weighted by Crippen LogP contribution is 2.00. The van der Waals surface area contributed by atoms with Crippen molar-refractivity contribution in [1.29, 1.82) is 0 Å². The summed E-state index contributed by atoms with van der Waals surface area (Å²) in [4.78, 5) is 16.5. The van der Waals surface area contributed by atoms with E-state index in [2.05, 4.69) is 5.48 Å². The Morgan fingerprint density at radius 2 is 1.94 bits per heavy atom. The maximum atomic E-state index is 11.4. The Labute approximate surface area is 108 Å². The molecule has 0 saturated heterocycles. The Hall–Kier alpha value is -1.10. The van der Waals surface area contributed by atoms with Gasteiger partial charge in [0.1, 0.15) is 0 Å². The van der Waals surface area contributed by atoms with Crippen LogP contribution in [0.5, 0.6) is 0 Å². The maximum Gasteiger partial charge on any atom is 0.260 e. The average molecular weight is 259 g/mol. The molecule has 0 aromatic heterocycles. The van der Waals surface area contributed by atoms with Gasteiger partial charge in [0.25, 0.3) is 5.91 Å². The van der Waals surface area contributed by atoms with E-state index < -0.39 is 6.04 Å². The van der Waals surface area contributed by atoms with Crippen molar-refractivity contribution < 1.29 is 9.63 Å². The molecule has 0 fully saturated rings. The van der Waals surface area contributed by atoms with E-state index in [1.165, 1.54) is 0 Å². The maximum absolute atomic E-state index is 11.4. The van der Waals surface area contributed by atoms with Crippen molar-refractivity contribution in [2.24, 2.45) is 11.7 Å². The van der Waals surface area contributed by atoms with Crippen LogP contribution < -0.4 is 11.2 Å². The number of hydroxylamine groups is 1. The Balaban J connectivity index is 0.00000256. The smallest absolute Gasteiger partial charge is 0.260 e. The SMILES string of the molecule is CC(C)C(N)C(=O)NOCc1ccccc1.Cl. The molecule has 0 aliphatic rings. The third kappa shape index (κ3) is 5.68. The highest BCUT2D eigenvalue weighted by molar-refractivity contribution is 5.85. The number of hydrogen-bond acceptors (Lipinski definition) is 3. The first-order valence-corrected chi connectivity index (χ1v) is 5.32. The van der Waals surface area contributed by atoms with E-state index in [4.69, 9.17) is 10.6 Å². The molecule has 5 heteroatoms. The number of carbonyl (C=O) groups excluding carboxylic acids is 1. The van der Waals surface area contributed by atoms with Gasteiger partial charge in [-0.1, -0.05) is 44.2 Å². The summed E-state index contributed by atoms with van der Waals surface area (Å²) in [6.07, 6.45) is 0. The first-order valence-electron chi connectivity index (χ1n) is 5.32. The second-order valence-electron chi connectivity index (χ2n) is 4.01. The van der Waals surface area contributed by atoms with Gasteiger partial charge in [0.05, 0.1) is 12.6 Å². The fourth-order valence-electron chi connectivity index (χ4n) is 1.14. The van der Waals surface area contributed by atoms with Crippen LogP contribution >= 0.6 is 12.4 Å². The van der Waals surface area contributed by atoms with Gasteiger partial charge < -0.3 is 5.73 Å². The van der Waals surface area contributed by atoms with Crippen molar-refractivity contribution in [1.82, 2.24) is 5.48 Å². The molecule has 0 spiro atoms. The molecule has 0 heterocycles. The largest absolute Gasteiger partial charge is 0.320 e. The predicted molar refractivity (Wildman–Crippen MR) is 69.4 cm³/mol. The topological polar surface area (TPSA) is 64.4 Å². The fraction of sp³-hybridized carbons (Fsp3) is 0.417. The first kappa shape index (κ1) is 15.9. The second-order valence-corrected chi connectivity index (χ2v) is 4.01. The first-order chi connectivity index (χ1) is 7.61. The second kappa shape index (κ2) is 8.06. The van der Waals surface area contributed by atoms with Crippen molar-refractivity contribution in [2.45, 2.75) is 26.5 Å². The van der Waals surface area contributed by atoms with E-state index in [0.717, 1.165) is 5.56 Å². The van der Waals surface area contributed by atoms with Gasteiger partial charge in [-0.3, -0.25) is 9.63 Å². The van der Waals surface area contributed by atoms with Crippen LogP contribution in [-0.2, 0) is 16.2 Å². The molecule has 1 amide bonds. The number of halogens is 1. The normalized spacial score (nSPS) is 11.8. The van der Waals surface area contributed by atoms with E-state index in [9.17, 15) is 4.79 Å². The van der Waals surface area contributed by atoms with Crippen LogP contribution in [0, 0.1) is 5.92 Å². The van der Waals surface area contributed by atoms with Gasteiger partial charge in [0, 0.05) is 0 Å². The van der Waals surface area contributed by atoms with E-state index in [1.807, 2.05) is 44.2 Å². The number of benzene rings is 1. The molecule has 4 nitrogen and oxygen atoms in total. The third-order valence-electron chi connectivity index (χ3n) is 2.28. The minimum Gasteiger partial charge on any atom is -0.320 e. The summed E-state index contributed by atoms with van der Waals surface area (Å²) in [5.41, 5.74) is 9.00. The number of carbonyl (C=O) groups is 1. The lowest BCUT2D eigenvalue weighted by Crippen LogP contribution is -2.43. The molecule has 1 aromatic carbocycles. The summed E-state index contributed by atoms with van der Waals surface area (Å²) in [6, 6.07) is 9.08. The Morgan fingerprint density at radius 3 is 2.47 bits per heavy atom. The van der Waals surface area contributed by atoms with Crippen LogP contribution in [0.25, 0.3) is 0 Å². The molecule has 0 aliphatic carbocycles. The summed E-state index contributed by atoms with van der Waals surface area (Å²) < 4.78 is 0. The quantitative estimate of drug-likeness (QED) is 0.790. The van der Waals surface area contributed by atoms with Gasteiger partial charge in [-0.25, -0.2) is 5.48 Å². The molecule has 0 bridgehead atoms. The average Bonchev–Trinajstić information content (AvgIpc) is 2.29. The van der Waals surface area contributed by atoms with Crippen molar-refractivity contribution in [3.8, 4) is 0 Å². The van der Waals surface area contributed by atoms with Gasteiger partial charge >= 0.3 is 0 Å². The predicted octanol–water partition coefficient (Wildman–Crippen LogP) is 1.64. The van der Waals surface area contributed by atoms with Crippen LogP contribution in [0.3, 0.4) is 0 Å². The molecule has 1 atom stereocenters. The number of amides is 1. The van der Waals surface area contributed by atoms with Gasteiger partial charge in [-0.05, 0) is 11.5 Å². The minimum absolute atomic E-state index is 0. The molecular weight excluding hydrogens is 240 g/mol. The Kier molecular flexibility index (Phi) is 7.54. The van der Waals surface area contributed by atoms with E-state index >= 15 is 0 Å². The zero-order valence-corrected chi connectivity index (χ0v) is 10.9. The fourth-order valence-corrected chi connectivity index (χ4v) is 1.14. The summed E-state index contributed by atoms with van der Waals surface area (Å²) in [5.74, 6) is -0.189. The molecule has 1 unspecified atom stereocenters. The highest BCUT2D eigenvalue weighted by Gasteiger charge is 2.16. The van der Waals surface area contributed by atoms with Crippen LogP contribution in [0.2, 0.25) is 0 Å². The lowest BCUT2D eigenvalue weighted by Gasteiger charge is -2.14. The zero-order valence-electron chi connectivity index (χ0n) is 10.1. The van der Waals surface area contributed by atoms with Gasteiger partial charge in [0.15, 0.2) is 0 Å². The molecular formula is C12H19ClN2O2. The zero-order chi connectivity index (χ0) is 12.0. The van der Waals surface area contributed by atoms with Gasteiger partial charge in [0.2, 0.25) is 0 Å². The number of nitrogens with one attached hydrogen (secondary N) is 1. The lowest BCUT2D eigenvalue weighted by molar-refractivity contribution is -0.136. The van der Waals surface area contributed by atoms with Gasteiger partial charge in [-0.2, -0.15) is 0 Å². The molecule has 96 valence electrons. The van der Waals surface area contributed by atoms with Gasteiger partial charge in [-0.15, -0.1) is 12.4 Å². The highest BCUT2D eigenvalue weighted by atomic mass is 35.5. The van der Waals surface area contributed by atoms with Crippen molar-refractivity contribution in [2.75, 3.05) is 0 Å². The van der Waals surface area contributed by atoms with Crippen LogP contribution in [0.4, 0.5) is 0 Å². The molecule has 17 heavy (non-hydrogen) atoms. The third-order valence-corrected chi connectivity index (χ3v) is 2.28. The number of rotatable bonds is 5. The van der Waals surface area contributed by atoms with E-state index in [-0.39, 0.29) is 24.2 Å². The van der Waals surface area contributed by atoms with E-state index in [1.54, 1.807) is 0 Å². The molecule has 1 rings (SSSR count). The lowest BCUT2D eigenvalue weighted by atomic mass is 10.1. The van der Waals surface area contributed by atoms with Crippen molar-refractivity contribution in [3.63, 3.8) is 0 Å². The molecule has 1 aromatic rings. The number of nitrogens with two attached hydrogens (primary N) is 1. The van der Waals surface area contributed by atoms with E-state index in [0.29, 0.717) is 6.61 Å². The summed E-state index contributed by atoms with van der Waals surface area (Å²) in [5, 5.41) is 0. The summed E-state index contributed by atoms with van der Waals surface area (Å²) in [6.45, 7) is 4.13. The molecule has 0 saturated carbocycles.